The number of aromatic carboxylic acids is 1. The predicted molar refractivity (Wildman–Crippen MR) is 74.7 cm³/mol. The lowest BCUT2D eigenvalue weighted by atomic mass is 10.1. The first-order valence-corrected chi connectivity index (χ1v) is 6.78. The minimum absolute atomic E-state index is 0.312. The Balaban J connectivity index is 2.16. The van der Waals surface area contributed by atoms with E-state index in [-0.39, 0.29) is 0 Å². The maximum Gasteiger partial charge on any atom is 0.335 e. The van der Waals surface area contributed by atoms with E-state index in [2.05, 4.69) is 29.2 Å². The average molecular weight is 263 g/mol. The lowest BCUT2D eigenvalue weighted by Gasteiger charge is -2.15. The maximum atomic E-state index is 11.1. The number of aryl methyl sites for hydroxylation is 1. The van der Waals surface area contributed by atoms with Crippen LogP contribution in [0.4, 0.5) is 5.82 Å². The number of pyridine rings is 1. The molecule has 0 saturated carbocycles. The minimum atomic E-state index is -0.897. The number of anilines is 1. The van der Waals surface area contributed by atoms with Crippen LogP contribution in [0.15, 0.2) is 12.1 Å². The molecule has 0 aliphatic carbocycles. The summed E-state index contributed by atoms with van der Waals surface area (Å²) < 4.78 is 0. The van der Waals surface area contributed by atoms with Crippen molar-refractivity contribution in [1.82, 2.24) is 9.88 Å². The number of nitrogens with one attached hydrogen (secondary N) is 1. The van der Waals surface area contributed by atoms with Gasteiger partial charge in [0.05, 0.1) is 5.56 Å². The molecule has 2 rings (SSSR count). The van der Waals surface area contributed by atoms with Crippen LogP contribution in [-0.4, -0.2) is 47.1 Å². The molecule has 0 spiro atoms. The Kier molecular flexibility index (Phi) is 4.37. The summed E-state index contributed by atoms with van der Waals surface area (Å²) in [6, 6.07) is 3.65. The SMILES string of the molecule is CCCc1cc(C(=O)O)cc(NC2CCN(C)C2)n1. The van der Waals surface area contributed by atoms with Crippen LogP contribution in [0.25, 0.3) is 0 Å². The van der Waals surface area contributed by atoms with Crippen LogP contribution in [0.2, 0.25) is 0 Å². The molecule has 1 aromatic rings. The maximum absolute atomic E-state index is 11.1. The van der Waals surface area contributed by atoms with E-state index in [1.54, 1.807) is 12.1 Å². The first-order chi connectivity index (χ1) is 9.08. The predicted octanol–water partition coefficient (Wildman–Crippen LogP) is 1.85. The van der Waals surface area contributed by atoms with Gasteiger partial charge in [0.15, 0.2) is 0 Å². The molecule has 0 amide bonds. The van der Waals surface area contributed by atoms with Gasteiger partial charge in [-0.3, -0.25) is 0 Å². The van der Waals surface area contributed by atoms with Gasteiger partial charge in [0.1, 0.15) is 5.82 Å². The van der Waals surface area contributed by atoms with Crippen LogP contribution in [-0.2, 0) is 6.42 Å². The second kappa shape index (κ2) is 6.02. The summed E-state index contributed by atoms with van der Waals surface area (Å²) in [5, 5.41) is 12.5. The van der Waals surface area contributed by atoms with Gasteiger partial charge in [0, 0.05) is 18.3 Å². The fourth-order valence-corrected chi connectivity index (χ4v) is 2.43. The van der Waals surface area contributed by atoms with Crippen molar-refractivity contribution in [2.75, 3.05) is 25.5 Å². The summed E-state index contributed by atoms with van der Waals surface area (Å²) in [5.74, 6) is -0.213. The summed E-state index contributed by atoms with van der Waals surface area (Å²) in [6.45, 7) is 4.11. The van der Waals surface area contributed by atoms with Crippen molar-refractivity contribution in [2.45, 2.75) is 32.2 Å². The molecular formula is C14H21N3O2. The molecule has 1 unspecified atom stereocenters. The molecule has 1 aromatic heterocycles. The standard InChI is InChI=1S/C14H21N3O2/c1-3-4-11-7-10(14(18)19)8-13(15-11)16-12-5-6-17(2)9-12/h7-8,12H,3-6,9H2,1-2H3,(H,15,16)(H,18,19). The highest BCUT2D eigenvalue weighted by Crippen LogP contribution is 2.16. The van der Waals surface area contributed by atoms with Gasteiger partial charge in [-0.15, -0.1) is 0 Å². The molecule has 5 nitrogen and oxygen atoms in total. The Bertz CT molecular complexity index is 462. The molecule has 104 valence electrons. The summed E-state index contributed by atoms with van der Waals surface area (Å²) >= 11 is 0. The van der Waals surface area contributed by atoms with Crippen LogP contribution >= 0.6 is 0 Å². The molecule has 0 bridgehead atoms. The summed E-state index contributed by atoms with van der Waals surface area (Å²) in [5.41, 5.74) is 1.16. The van der Waals surface area contributed by atoms with Gasteiger partial charge in [-0.25, -0.2) is 9.78 Å². The van der Waals surface area contributed by atoms with E-state index < -0.39 is 5.97 Å². The summed E-state index contributed by atoms with van der Waals surface area (Å²) in [6.07, 6.45) is 2.83. The van der Waals surface area contributed by atoms with Crippen molar-refractivity contribution in [3.05, 3.63) is 23.4 Å². The number of likely N-dealkylation sites (tertiary alicyclic amines) is 1. The van der Waals surface area contributed by atoms with E-state index in [1.807, 2.05) is 0 Å². The minimum Gasteiger partial charge on any atom is -0.478 e. The fraction of sp³-hybridized carbons (Fsp3) is 0.571. The molecule has 1 fully saturated rings. The lowest BCUT2D eigenvalue weighted by molar-refractivity contribution is 0.0696. The Hall–Kier alpha value is -1.62. The Labute approximate surface area is 113 Å². The largest absolute Gasteiger partial charge is 0.478 e. The third kappa shape index (κ3) is 3.67. The highest BCUT2D eigenvalue weighted by atomic mass is 16.4. The van der Waals surface area contributed by atoms with E-state index in [0.29, 0.717) is 17.4 Å². The first-order valence-electron chi connectivity index (χ1n) is 6.78. The number of hydrogen-bond acceptors (Lipinski definition) is 4. The Morgan fingerprint density at radius 3 is 2.95 bits per heavy atom. The van der Waals surface area contributed by atoms with E-state index in [4.69, 9.17) is 5.11 Å². The third-order valence-electron chi connectivity index (χ3n) is 3.37. The smallest absolute Gasteiger partial charge is 0.335 e. The molecule has 1 atom stereocenters. The zero-order valence-electron chi connectivity index (χ0n) is 11.5. The second-order valence-corrected chi connectivity index (χ2v) is 5.18. The van der Waals surface area contributed by atoms with Gasteiger partial charge in [-0.1, -0.05) is 13.3 Å². The summed E-state index contributed by atoms with van der Waals surface area (Å²) in [4.78, 5) is 17.9. The number of carboxylic acids is 1. The number of likely N-dealkylation sites (N-methyl/N-ethyl adjacent to an activating group) is 1. The lowest BCUT2D eigenvalue weighted by Crippen LogP contribution is -2.24. The highest BCUT2D eigenvalue weighted by molar-refractivity contribution is 5.88. The molecule has 0 radical (unpaired) electrons. The Morgan fingerprint density at radius 2 is 2.37 bits per heavy atom. The number of hydrogen-bond donors (Lipinski definition) is 2. The zero-order valence-corrected chi connectivity index (χ0v) is 11.5. The molecular weight excluding hydrogens is 242 g/mol. The fourth-order valence-electron chi connectivity index (χ4n) is 2.43. The molecule has 1 aliphatic rings. The quantitative estimate of drug-likeness (QED) is 0.848. The van der Waals surface area contributed by atoms with Gasteiger partial charge in [0.25, 0.3) is 0 Å². The van der Waals surface area contributed by atoms with Crippen LogP contribution < -0.4 is 5.32 Å². The number of nitrogens with zero attached hydrogens (tertiary/aromatic N) is 2. The molecule has 1 saturated heterocycles. The van der Waals surface area contributed by atoms with Crippen molar-refractivity contribution in [2.24, 2.45) is 0 Å². The number of rotatable bonds is 5. The number of carbonyl (C=O) groups is 1. The molecule has 5 heteroatoms. The van der Waals surface area contributed by atoms with Crippen molar-refractivity contribution in [3.8, 4) is 0 Å². The molecule has 1 aliphatic heterocycles. The normalized spacial score (nSPS) is 19.6. The van der Waals surface area contributed by atoms with Crippen LogP contribution in [0.5, 0.6) is 0 Å². The van der Waals surface area contributed by atoms with E-state index in [9.17, 15) is 4.79 Å². The average Bonchev–Trinajstić information content (AvgIpc) is 2.75. The van der Waals surface area contributed by atoms with Crippen LogP contribution in [0.1, 0.15) is 35.8 Å². The van der Waals surface area contributed by atoms with Gasteiger partial charge in [0.2, 0.25) is 0 Å². The number of carboxylic acid groups (broad SMARTS) is 1. The van der Waals surface area contributed by atoms with Crippen molar-refractivity contribution < 1.29 is 9.90 Å². The zero-order chi connectivity index (χ0) is 13.8. The van der Waals surface area contributed by atoms with Gasteiger partial charge in [-0.2, -0.15) is 0 Å². The van der Waals surface area contributed by atoms with E-state index in [0.717, 1.165) is 38.0 Å². The van der Waals surface area contributed by atoms with Gasteiger partial charge >= 0.3 is 5.97 Å². The highest BCUT2D eigenvalue weighted by Gasteiger charge is 2.20. The van der Waals surface area contributed by atoms with Crippen molar-refractivity contribution in [1.29, 1.82) is 0 Å². The van der Waals surface area contributed by atoms with E-state index in [1.165, 1.54) is 0 Å². The van der Waals surface area contributed by atoms with Crippen LogP contribution in [0, 0.1) is 0 Å². The molecule has 0 aromatic carbocycles. The number of aromatic nitrogens is 1. The second-order valence-electron chi connectivity index (χ2n) is 5.18. The monoisotopic (exact) mass is 263 g/mol. The first kappa shape index (κ1) is 13.8. The van der Waals surface area contributed by atoms with Crippen molar-refractivity contribution in [3.63, 3.8) is 0 Å². The van der Waals surface area contributed by atoms with Gasteiger partial charge in [-0.05, 0) is 38.6 Å². The molecule has 2 heterocycles. The Morgan fingerprint density at radius 1 is 1.58 bits per heavy atom. The molecule has 2 N–H and O–H groups in total. The molecule has 19 heavy (non-hydrogen) atoms. The van der Waals surface area contributed by atoms with Crippen LogP contribution in [0.3, 0.4) is 0 Å². The summed E-state index contributed by atoms with van der Waals surface area (Å²) in [7, 11) is 2.09. The third-order valence-corrected chi connectivity index (χ3v) is 3.37. The van der Waals surface area contributed by atoms with Gasteiger partial charge < -0.3 is 15.3 Å². The van der Waals surface area contributed by atoms with Crippen molar-refractivity contribution >= 4 is 11.8 Å². The van der Waals surface area contributed by atoms with E-state index >= 15 is 0 Å². The topological polar surface area (TPSA) is 65.5 Å².